The first kappa shape index (κ1) is 21.6. The molecule has 170 valence electrons. The van der Waals surface area contributed by atoms with Crippen molar-refractivity contribution in [2.75, 3.05) is 6.54 Å². The van der Waals surface area contributed by atoms with Crippen LogP contribution in [-0.4, -0.2) is 37.6 Å². The van der Waals surface area contributed by atoms with E-state index in [4.69, 9.17) is 0 Å². The molecule has 2 aromatic carbocycles. The molecule has 0 saturated carbocycles. The van der Waals surface area contributed by atoms with Crippen LogP contribution in [0, 0.1) is 13.8 Å². The fourth-order valence-electron chi connectivity index (χ4n) is 4.66. The molecule has 5 rings (SSSR count). The monoisotopic (exact) mass is 451 g/mol. The molecule has 6 nitrogen and oxygen atoms in total. The van der Waals surface area contributed by atoms with Gasteiger partial charge in [0.25, 0.3) is 11.7 Å². The Morgan fingerprint density at radius 2 is 1.62 bits per heavy atom. The van der Waals surface area contributed by atoms with Crippen molar-refractivity contribution in [1.29, 1.82) is 0 Å². The molecule has 1 N–H and O–H groups in total. The minimum atomic E-state index is -0.687. The van der Waals surface area contributed by atoms with E-state index in [1.54, 1.807) is 4.90 Å². The Labute approximate surface area is 197 Å². The van der Waals surface area contributed by atoms with E-state index in [1.807, 2.05) is 97.2 Å². The van der Waals surface area contributed by atoms with Crippen LogP contribution in [0.1, 0.15) is 34.1 Å². The van der Waals surface area contributed by atoms with Gasteiger partial charge in [-0.1, -0.05) is 66.7 Å². The zero-order valence-electron chi connectivity index (χ0n) is 19.1. The average Bonchev–Trinajstić information content (AvgIpc) is 3.33. The number of carbonyl (C=O) groups is 2. The largest absolute Gasteiger partial charge is 0.505 e. The van der Waals surface area contributed by atoms with Gasteiger partial charge in [-0.15, -0.1) is 0 Å². The number of likely N-dealkylation sites (tertiary alicyclic amines) is 1. The van der Waals surface area contributed by atoms with Crippen LogP contribution in [0.2, 0.25) is 0 Å². The lowest BCUT2D eigenvalue weighted by atomic mass is 9.96. The van der Waals surface area contributed by atoms with Crippen molar-refractivity contribution < 1.29 is 14.7 Å². The molecule has 34 heavy (non-hydrogen) atoms. The Morgan fingerprint density at radius 1 is 0.941 bits per heavy atom. The number of imidazole rings is 1. The van der Waals surface area contributed by atoms with E-state index in [0.29, 0.717) is 30.0 Å². The Balaban J connectivity index is 1.63. The quantitative estimate of drug-likeness (QED) is 0.273. The highest BCUT2D eigenvalue weighted by molar-refractivity contribution is 6.46. The third-order valence-electron chi connectivity index (χ3n) is 6.45. The van der Waals surface area contributed by atoms with Crippen LogP contribution in [-0.2, 0) is 16.0 Å². The summed E-state index contributed by atoms with van der Waals surface area (Å²) < 4.78 is 1.88. The number of aliphatic hydroxyl groups is 1. The molecular weight excluding hydrogens is 426 g/mol. The number of aromatic nitrogens is 2. The van der Waals surface area contributed by atoms with Crippen LogP contribution < -0.4 is 0 Å². The number of Topliss-reactive ketones (excluding diaryl/α,β-unsaturated/α-hetero) is 1. The summed E-state index contributed by atoms with van der Waals surface area (Å²) in [6.07, 6.45) is 2.47. The zero-order chi connectivity index (χ0) is 23.8. The second-order valence-corrected chi connectivity index (χ2v) is 8.57. The third-order valence-corrected chi connectivity index (χ3v) is 6.45. The maximum absolute atomic E-state index is 13.3. The number of amides is 1. The number of rotatable bonds is 5. The fourth-order valence-corrected chi connectivity index (χ4v) is 4.66. The molecule has 6 heteroatoms. The predicted octanol–water partition coefficient (Wildman–Crippen LogP) is 4.62. The van der Waals surface area contributed by atoms with Crippen LogP contribution in [0.4, 0.5) is 0 Å². The highest BCUT2D eigenvalue weighted by Crippen LogP contribution is 2.39. The number of hydrogen-bond donors (Lipinski definition) is 1. The number of benzene rings is 2. The normalized spacial score (nSPS) is 17.6. The number of carbonyl (C=O) groups excluding carboxylic acids is 2. The molecule has 4 aromatic rings. The summed E-state index contributed by atoms with van der Waals surface area (Å²) in [5, 5.41) is 11.4. The summed E-state index contributed by atoms with van der Waals surface area (Å²) in [6.45, 7) is 4.14. The molecule has 1 aliphatic rings. The summed E-state index contributed by atoms with van der Waals surface area (Å²) >= 11 is 0. The predicted molar refractivity (Wildman–Crippen MR) is 130 cm³/mol. The van der Waals surface area contributed by atoms with E-state index < -0.39 is 17.7 Å². The highest BCUT2D eigenvalue weighted by Gasteiger charge is 2.46. The van der Waals surface area contributed by atoms with E-state index >= 15 is 0 Å². The summed E-state index contributed by atoms with van der Waals surface area (Å²) in [5.41, 5.74) is 4.60. The van der Waals surface area contributed by atoms with Gasteiger partial charge in [0.2, 0.25) is 0 Å². The second kappa shape index (κ2) is 8.63. The maximum Gasteiger partial charge on any atom is 0.295 e. The summed E-state index contributed by atoms with van der Waals surface area (Å²) in [6, 6.07) is 22.4. The second-order valence-electron chi connectivity index (χ2n) is 8.57. The van der Waals surface area contributed by atoms with Crippen LogP contribution in [0.3, 0.4) is 0 Å². The number of nitrogens with zero attached hydrogens (tertiary/aromatic N) is 3. The van der Waals surface area contributed by atoms with Crippen molar-refractivity contribution in [3.63, 3.8) is 0 Å². The summed E-state index contributed by atoms with van der Waals surface area (Å²) in [5.74, 6) is -1.54. The molecule has 1 amide bonds. The molecule has 1 atom stereocenters. The molecule has 1 aliphatic heterocycles. The van der Waals surface area contributed by atoms with E-state index in [2.05, 4.69) is 4.98 Å². The van der Waals surface area contributed by atoms with Gasteiger partial charge in [-0.05, 0) is 43.0 Å². The van der Waals surface area contributed by atoms with E-state index in [0.717, 1.165) is 16.7 Å². The molecule has 0 radical (unpaired) electrons. The van der Waals surface area contributed by atoms with Gasteiger partial charge in [0.05, 0.1) is 17.3 Å². The fraction of sp³-hybridized carbons (Fsp3) is 0.179. The number of aryl methyl sites for hydroxylation is 2. The van der Waals surface area contributed by atoms with Crippen molar-refractivity contribution in [3.8, 4) is 0 Å². The summed E-state index contributed by atoms with van der Waals surface area (Å²) in [4.78, 5) is 32.6. The number of pyridine rings is 1. The van der Waals surface area contributed by atoms with Gasteiger partial charge < -0.3 is 14.4 Å². The number of ketones is 1. The van der Waals surface area contributed by atoms with Crippen molar-refractivity contribution in [2.24, 2.45) is 0 Å². The van der Waals surface area contributed by atoms with Crippen LogP contribution in [0.15, 0.2) is 84.6 Å². The van der Waals surface area contributed by atoms with Crippen molar-refractivity contribution in [3.05, 3.63) is 113 Å². The Kier molecular flexibility index (Phi) is 5.49. The van der Waals surface area contributed by atoms with E-state index in [-0.39, 0.29) is 11.3 Å². The minimum absolute atomic E-state index is 0.0772. The van der Waals surface area contributed by atoms with E-state index in [9.17, 15) is 14.7 Å². The Morgan fingerprint density at radius 3 is 2.29 bits per heavy atom. The lowest BCUT2D eigenvalue weighted by molar-refractivity contribution is -0.139. The van der Waals surface area contributed by atoms with Crippen molar-refractivity contribution in [1.82, 2.24) is 14.3 Å². The lowest BCUT2D eigenvalue weighted by Crippen LogP contribution is -2.31. The number of hydrogen-bond acceptors (Lipinski definition) is 4. The molecule has 0 bridgehead atoms. The van der Waals surface area contributed by atoms with Gasteiger partial charge in [0, 0.05) is 12.7 Å². The molecule has 1 fully saturated rings. The first-order valence-electron chi connectivity index (χ1n) is 11.3. The molecule has 3 heterocycles. The smallest absolute Gasteiger partial charge is 0.295 e. The molecule has 0 aliphatic carbocycles. The van der Waals surface area contributed by atoms with E-state index in [1.165, 1.54) is 0 Å². The van der Waals surface area contributed by atoms with Gasteiger partial charge in [-0.3, -0.25) is 9.59 Å². The van der Waals surface area contributed by atoms with Crippen LogP contribution in [0.25, 0.3) is 11.4 Å². The van der Waals surface area contributed by atoms with Crippen molar-refractivity contribution >= 4 is 23.1 Å². The lowest BCUT2D eigenvalue weighted by Gasteiger charge is -2.25. The average molecular weight is 452 g/mol. The topological polar surface area (TPSA) is 74.9 Å². The molecular formula is C28H25N3O3. The molecule has 1 saturated heterocycles. The number of aliphatic hydroxyl groups excluding tert-OH is 1. The van der Waals surface area contributed by atoms with Gasteiger partial charge in [0.1, 0.15) is 11.3 Å². The molecule has 2 aromatic heterocycles. The van der Waals surface area contributed by atoms with Gasteiger partial charge in [-0.2, -0.15) is 0 Å². The zero-order valence-corrected chi connectivity index (χ0v) is 19.1. The minimum Gasteiger partial charge on any atom is -0.505 e. The molecule has 1 unspecified atom stereocenters. The van der Waals surface area contributed by atoms with Gasteiger partial charge >= 0.3 is 0 Å². The Bertz CT molecular complexity index is 1420. The maximum atomic E-state index is 13.3. The highest BCUT2D eigenvalue weighted by atomic mass is 16.3. The first-order valence-corrected chi connectivity index (χ1v) is 11.3. The third kappa shape index (κ3) is 3.57. The van der Waals surface area contributed by atoms with Crippen LogP contribution >= 0.6 is 0 Å². The van der Waals surface area contributed by atoms with Gasteiger partial charge in [0.15, 0.2) is 5.76 Å². The number of fused-ring (bicyclic) bond motifs is 1. The molecule has 0 spiro atoms. The first-order chi connectivity index (χ1) is 16.5. The Hall–Kier alpha value is -4.19. The summed E-state index contributed by atoms with van der Waals surface area (Å²) in [7, 11) is 0. The standard InChI is InChI=1S/C28H25N3O3/c1-18-10-9-16-30-19(2)23(29-27(18)30)25(32)22-24(21-13-7-4-8-14-21)31(28(34)26(22)33)17-15-20-11-5-3-6-12-20/h3-14,16,24,32H,15,17H2,1-2H3. The van der Waals surface area contributed by atoms with Gasteiger partial charge in [-0.25, -0.2) is 4.98 Å². The van der Waals surface area contributed by atoms with Crippen LogP contribution in [0.5, 0.6) is 0 Å². The SMILES string of the molecule is Cc1cccn2c(C)c(C(O)=C3C(=O)C(=O)N(CCc4ccccc4)C3c3ccccc3)nc12. The van der Waals surface area contributed by atoms with Crippen molar-refractivity contribution in [2.45, 2.75) is 26.3 Å².